The summed E-state index contributed by atoms with van der Waals surface area (Å²) in [6.45, 7) is 0. The lowest BCUT2D eigenvalue weighted by Gasteiger charge is -2.31. The Labute approximate surface area is 146 Å². The number of nitrogens with one attached hydrogen (secondary N) is 2. The second kappa shape index (κ2) is 15.1. The Morgan fingerprint density at radius 3 is 1.16 bits per heavy atom. The molecule has 2 aliphatic carbocycles. The Morgan fingerprint density at radius 1 is 0.640 bits per heavy atom. The molecule has 0 aliphatic heterocycles. The monoisotopic (exact) mass is 348 g/mol. The fraction of sp³-hybridized carbons (Fsp3) is 0.765. The minimum Gasteiger partial charge on any atom is -0.222 e. The van der Waals surface area contributed by atoms with Gasteiger partial charge in [-0.2, -0.15) is 0 Å². The fourth-order valence-corrected chi connectivity index (χ4v) is 3.64. The normalized spacial score (nSPS) is 27.2. The molecule has 2 N–H and O–H groups in total. The quantitative estimate of drug-likeness (QED) is 0.595. The lowest BCUT2D eigenvalue weighted by atomic mass is 9.76. The van der Waals surface area contributed by atoms with Gasteiger partial charge in [-0.3, -0.25) is 0 Å². The molecule has 0 aromatic rings. The van der Waals surface area contributed by atoms with Crippen molar-refractivity contribution in [1.82, 2.24) is 0 Å². The number of hydrogen-bond donors (Lipinski definition) is 2. The van der Waals surface area contributed by atoms with Gasteiger partial charge in [-0.25, -0.2) is 40.0 Å². The summed E-state index contributed by atoms with van der Waals surface area (Å²) in [6.07, 6.45) is 15.1. The van der Waals surface area contributed by atoms with Gasteiger partial charge in [0.05, 0.1) is 12.1 Å². The summed E-state index contributed by atoms with van der Waals surface area (Å²) in [4.78, 5) is 44.8. The number of carbonyl (C=O) groups excluding carboxylic acids is 4. The maximum atomic E-state index is 10.2. The average Bonchev–Trinajstić information content (AvgIpc) is 2.60. The maximum Gasteiger partial charge on any atom is 0.235 e. The van der Waals surface area contributed by atoms with Crippen LogP contribution in [0.25, 0.3) is 0 Å². The second-order valence-corrected chi connectivity index (χ2v) is 6.23. The lowest BCUT2D eigenvalue weighted by molar-refractivity contribution is 0.226. The van der Waals surface area contributed by atoms with Crippen LogP contribution in [0.15, 0.2) is 9.98 Å². The van der Waals surface area contributed by atoms with Crippen molar-refractivity contribution in [3.8, 4) is 0 Å². The molecule has 8 heteroatoms. The Bertz CT molecular complexity index is 477. The van der Waals surface area contributed by atoms with Gasteiger partial charge in [-0.1, -0.05) is 0 Å². The third kappa shape index (κ3) is 10.8. The molecule has 2 aliphatic rings. The first kappa shape index (κ1) is 22.5. The highest BCUT2D eigenvalue weighted by molar-refractivity contribution is 5.33. The summed E-state index contributed by atoms with van der Waals surface area (Å²) < 4.78 is 0. The van der Waals surface area contributed by atoms with Crippen LogP contribution < -0.4 is 0 Å². The molecule has 0 aromatic carbocycles. The highest BCUT2D eigenvalue weighted by Crippen LogP contribution is 2.36. The van der Waals surface area contributed by atoms with Crippen LogP contribution in [0, 0.1) is 22.7 Å². The van der Waals surface area contributed by atoms with E-state index in [0.717, 1.165) is 49.7 Å². The van der Waals surface area contributed by atoms with Crippen LogP contribution >= 0.6 is 0 Å². The van der Waals surface area contributed by atoms with Gasteiger partial charge >= 0.3 is 0 Å². The molecule has 0 atom stereocenters. The predicted octanol–water partition coefficient (Wildman–Crippen LogP) is 2.97. The van der Waals surface area contributed by atoms with Gasteiger partial charge in [0.25, 0.3) is 0 Å². The molecule has 136 valence electrons. The molecule has 0 heterocycles. The Hall–Kier alpha value is -2.48. The summed E-state index contributed by atoms with van der Waals surface area (Å²) >= 11 is 0. The zero-order valence-electron chi connectivity index (χ0n) is 14.2. The summed E-state index contributed by atoms with van der Waals surface area (Å²) in [5.74, 6) is 1.60. The Morgan fingerprint density at radius 2 is 0.920 bits per heavy atom. The van der Waals surface area contributed by atoms with Crippen LogP contribution in [0.2, 0.25) is 0 Å². The Kier molecular flexibility index (Phi) is 13.6. The molecule has 0 spiro atoms. The summed E-state index contributed by atoms with van der Waals surface area (Å²) in [6, 6.07) is 0.456. The summed E-state index contributed by atoms with van der Waals surface area (Å²) in [7, 11) is 0. The van der Waals surface area contributed by atoms with Crippen molar-refractivity contribution < 1.29 is 19.2 Å². The van der Waals surface area contributed by atoms with E-state index in [0.29, 0.717) is 0 Å². The van der Waals surface area contributed by atoms with Crippen LogP contribution in [0.1, 0.15) is 57.8 Å². The van der Waals surface area contributed by atoms with E-state index in [4.69, 9.17) is 20.4 Å². The smallest absolute Gasteiger partial charge is 0.222 e. The van der Waals surface area contributed by atoms with Crippen LogP contribution in [-0.4, -0.2) is 36.4 Å². The van der Waals surface area contributed by atoms with E-state index in [9.17, 15) is 9.59 Å². The third-order valence-corrected chi connectivity index (χ3v) is 4.77. The average molecular weight is 348 g/mol. The zero-order valence-corrected chi connectivity index (χ0v) is 14.2. The van der Waals surface area contributed by atoms with Crippen molar-refractivity contribution in [2.75, 3.05) is 0 Å². The number of aliphatic imine (C=N–C) groups is 2. The molecule has 2 saturated carbocycles. The van der Waals surface area contributed by atoms with Crippen LogP contribution in [-0.2, 0) is 19.2 Å². The highest BCUT2D eigenvalue weighted by atomic mass is 16.1. The SMILES string of the molecule is N=C=O.N=C=O.O=C=NC1CCC(CC2CCC(N=C=O)CC2)CC1. The molecule has 0 amide bonds. The van der Waals surface area contributed by atoms with Gasteiger partial charge < -0.3 is 0 Å². The number of nitrogens with zero attached hydrogens (tertiary/aromatic N) is 2. The largest absolute Gasteiger partial charge is 0.235 e. The first-order chi connectivity index (χ1) is 12.1. The van der Waals surface area contributed by atoms with Crippen molar-refractivity contribution in [1.29, 1.82) is 10.8 Å². The van der Waals surface area contributed by atoms with Gasteiger partial charge in [0.2, 0.25) is 24.3 Å². The Balaban J connectivity index is 0.000000844. The van der Waals surface area contributed by atoms with E-state index in [1.807, 2.05) is 0 Å². The minimum absolute atomic E-state index is 0.228. The molecule has 0 bridgehead atoms. The molecule has 8 nitrogen and oxygen atoms in total. The molecule has 0 radical (unpaired) electrons. The van der Waals surface area contributed by atoms with Gasteiger partial charge in [0.15, 0.2) is 0 Å². The topological polar surface area (TPSA) is 141 Å². The van der Waals surface area contributed by atoms with E-state index in [2.05, 4.69) is 9.98 Å². The van der Waals surface area contributed by atoms with E-state index >= 15 is 0 Å². The molecule has 0 aromatic heterocycles. The molecule has 0 saturated heterocycles. The highest BCUT2D eigenvalue weighted by Gasteiger charge is 2.26. The standard InChI is InChI=1S/C15H22N2O2.2CHNO/c18-10-16-14-5-1-12(2-6-14)9-13-3-7-15(8-4-13)17-11-19;2*2-1-3/h12-15H,1-9H2;2*2H. The fourth-order valence-electron chi connectivity index (χ4n) is 3.64. The zero-order chi connectivity index (χ0) is 18.9. The maximum absolute atomic E-state index is 10.2. The van der Waals surface area contributed by atoms with Crippen molar-refractivity contribution in [3.05, 3.63) is 0 Å². The molecule has 25 heavy (non-hydrogen) atoms. The number of hydrogen-bond acceptors (Lipinski definition) is 8. The first-order valence-electron chi connectivity index (χ1n) is 8.36. The van der Waals surface area contributed by atoms with Gasteiger partial charge in [0.1, 0.15) is 0 Å². The van der Waals surface area contributed by atoms with E-state index < -0.39 is 0 Å². The molecular weight excluding hydrogens is 324 g/mol. The number of isocyanates is 4. The van der Waals surface area contributed by atoms with E-state index in [1.165, 1.54) is 32.1 Å². The van der Waals surface area contributed by atoms with Crippen LogP contribution in [0.5, 0.6) is 0 Å². The van der Waals surface area contributed by atoms with Gasteiger partial charge in [-0.15, -0.1) is 0 Å². The summed E-state index contributed by atoms with van der Waals surface area (Å²) in [5, 5.41) is 10.8. The van der Waals surface area contributed by atoms with Gasteiger partial charge in [0, 0.05) is 0 Å². The van der Waals surface area contributed by atoms with E-state index in [1.54, 1.807) is 12.2 Å². The van der Waals surface area contributed by atoms with Crippen molar-refractivity contribution in [3.63, 3.8) is 0 Å². The van der Waals surface area contributed by atoms with Gasteiger partial charge in [-0.05, 0) is 69.6 Å². The molecule has 2 fully saturated rings. The van der Waals surface area contributed by atoms with Crippen LogP contribution in [0.4, 0.5) is 0 Å². The molecule has 2 rings (SSSR count). The third-order valence-electron chi connectivity index (χ3n) is 4.77. The predicted molar refractivity (Wildman–Crippen MR) is 89.2 cm³/mol. The van der Waals surface area contributed by atoms with Crippen molar-refractivity contribution in [2.24, 2.45) is 21.8 Å². The summed E-state index contributed by atoms with van der Waals surface area (Å²) in [5.41, 5.74) is 0. The van der Waals surface area contributed by atoms with Crippen LogP contribution in [0.3, 0.4) is 0 Å². The van der Waals surface area contributed by atoms with Crippen molar-refractivity contribution in [2.45, 2.75) is 69.9 Å². The van der Waals surface area contributed by atoms with E-state index in [-0.39, 0.29) is 12.1 Å². The number of rotatable bonds is 4. The lowest BCUT2D eigenvalue weighted by Crippen LogP contribution is -2.23. The molecule has 0 unspecified atom stereocenters. The molecular formula is C17H24N4O4. The second-order valence-electron chi connectivity index (χ2n) is 6.23. The first-order valence-corrected chi connectivity index (χ1v) is 8.36. The minimum atomic E-state index is 0.228. The van der Waals surface area contributed by atoms with Crippen molar-refractivity contribution >= 4 is 24.3 Å².